The van der Waals surface area contributed by atoms with E-state index in [2.05, 4.69) is 43.8 Å². The molecule has 3 unspecified atom stereocenters. The van der Waals surface area contributed by atoms with Crippen molar-refractivity contribution in [3.8, 4) is 5.75 Å². The van der Waals surface area contributed by atoms with Crippen molar-refractivity contribution in [2.24, 2.45) is 32.7 Å². The molecule has 3 aromatic rings. The first-order valence-corrected chi connectivity index (χ1v) is 21.6. The van der Waals surface area contributed by atoms with Crippen molar-refractivity contribution in [1.29, 1.82) is 0 Å². The molecule has 5 aliphatic rings. The molecule has 12 heteroatoms. The minimum atomic E-state index is -0.496. The third-order valence-electron chi connectivity index (χ3n) is 13.3. The topological polar surface area (TPSA) is 122 Å². The Labute approximate surface area is 341 Å². The minimum Gasteiger partial charge on any atom is -0.508 e. The molecule has 308 valence electrons. The zero-order valence-electron chi connectivity index (χ0n) is 34.4. The fourth-order valence-corrected chi connectivity index (χ4v) is 10.0. The fourth-order valence-electron chi connectivity index (χ4n) is 10.0. The molecule has 3 atom stereocenters. The van der Waals surface area contributed by atoms with Crippen molar-refractivity contribution in [2.75, 3.05) is 57.3 Å². The van der Waals surface area contributed by atoms with E-state index in [0.717, 1.165) is 119 Å². The van der Waals surface area contributed by atoms with Gasteiger partial charge in [0.25, 0.3) is 0 Å². The Hall–Kier alpha value is -4.68. The lowest BCUT2D eigenvalue weighted by Gasteiger charge is -2.36. The first-order chi connectivity index (χ1) is 28.2. The van der Waals surface area contributed by atoms with E-state index in [4.69, 9.17) is 14.5 Å². The van der Waals surface area contributed by atoms with Crippen LogP contribution in [0, 0.1) is 17.8 Å². The predicted molar refractivity (Wildman–Crippen MR) is 231 cm³/mol. The highest BCUT2D eigenvalue weighted by molar-refractivity contribution is 6.29. The molecule has 4 saturated heterocycles. The zero-order valence-corrected chi connectivity index (χ0v) is 34.4. The molecule has 0 saturated carbocycles. The van der Waals surface area contributed by atoms with Crippen LogP contribution in [0.1, 0.15) is 88.5 Å². The number of allylic oxidation sites excluding steroid dienone is 2. The van der Waals surface area contributed by atoms with Crippen molar-refractivity contribution in [1.82, 2.24) is 20.3 Å². The molecule has 4 fully saturated rings. The van der Waals surface area contributed by atoms with Crippen molar-refractivity contribution in [3.05, 3.63) is 70.5 Å². The molecule has 6 heterocycles. The van der Waals surface area contributed by atoms with Gasteiger partial charge < -0.3 is 34.4 Å². The summed E-state index contributed by atoms with van der Waals surface area (Å²) in [6.07, 6.45) is 11.5. The highest BCUT2D eigenvalue weighted by atomic mass is 19.1. The largest absolute Gasteiger partial charge is 0.508 e. The summed E-state index contributed by atoms with van der Waals surface area (Å²) >= 11 is 0. The number of piperidine rings is 2. The number of aliphatic imine (C=N–C) groups is 3. The Morgan fingerprint density at radius 1 is 1.05 bits per heavy atom. The van der Waals surface area contributed by atoms with Crippen LogP contribution in [0.3, 0.4) is 0 Å². The number of hydrogen-bond donors (Lipinski definition) is 2. The van der Waals surface area contributed by atoms with E-state index >= 15 is 4.39 Å². The number of fused-ring (bicyclic) bond motifs is 3. The number of likely N-dealkylation sites (tertiary alicyclic amines) is 2. The van der Waals surface area contributed by atoms with E-state index in [1.807, 2.05) is 38.1 Å². The van der Waals surface area contributed by atoms with Gasteiger partial charge in [-0.3, -0.25) is 9.98 Å². The highest BCUT2D eigenvalue weighted by Gasteiger charge is 2.36. The number of hydrogen-bond acceptors (Lipinski definition) is 11. The van der Waals surface area contributed by atoms with Gasteiger partial charge in [-0.15, -0.1) is 0 Å². The summed E-state index contributed by atoms with van der Waals surface area (Å²) in [5, 5.41) is 20.5. The van der Waals surface area contributed by atoms with Crippen molar-refractivity contribution >= 4 is 47.2 Å². The maximum Gasteiger partial charge on any atom is 0.175 e. The van der Waals surface area contributed by atoms with Crippen LogP contribution in [0.15, 0.2) is 73.1 Å². The quantitative estimate of drug-likeness (QED) is 0.134. The molecule has 11 nitrogen and oxygen atoms in total. The number of carbonyl (C=O) groups is 1. The van der Waals surface area contributed by atoms with Gasteiger partial charge in [0.15, 0.2) is 11.6 Å². The number of nitrogens with zero attached hydrogens (tertiary/aromatic N) is 7. The Bertz CT molecular complexity index is 2090. The third kappa shape index (κ3) is 8.41. The van der Waals surface area contributed by atoms with Gasteiger partial charge in [0.2, 0.25) is 0 Å². The SMILES string of the molecule is C=N/C(=C1/C=NC(c2cc(O)cc3cccc(CC)c23)=C(F)C1=NCCN1CCC(CC2CCN(c3cc(C(C=O)C(C)C)on3)CC2)CC1)N1CC2CCC(C1)N2. The molecule has 5 aliphatic heterocycles. The number of halogens is 1. The Morgan fingerprint density at radius 2 is 1.78 bits per heavy atom. The second-order valence-corrected chi connectivity index (χ2v) is 17.4. The molecule has 2 aromatic carbocycles. The summed E-state index contributed by atoms with van der Waals surface area (Å²) in [5.41, 5.74) is 2.64. The van der Waals surface area contributed by atoms with Crippen LogP contribution in [-0.4, -0.2) is 109 Å². The number of rotatable bonds is 13. The van der Waals surface area contributed by atoms with Crippen LogP contribution in [-0.2, 0) is 11.2 Å². The van der Waals surface area contributed by atoms with Gasteiger partial charge in [-0.05, 0) is 117 Å². The number of phenolic OH excluding ortho intramolecular Hbond substituents is 1. The van der Waals surface area contributed by atoms with Crippen molar-refractivity contribution < 1.29 is 18.8 Å². The van der Waals surface area contributed by atoms with Gasteiger partial charge in [0.05, 0.1) is 18.0 Å². The molecule has 0 radical (unpaired) electrons. The molecule has 0 amide bonds. The van der Waals surface area contributed by atoms with Crippen LogP contribution >= 0.6 is 0 Å². The molecule has 0 aliphatic carbocycles. The van der Waals surface area contributed by atoms with Gasteiger partial charge in [-0.2, -0.15) is 0 Å². The summed E-state index contributed by atoms with van der Waals surface area (Å²) in [4.78, 5) is 32.8. The number of anilines is 1. The molecular weight excluding hydrogens is 732 g/mol. The molecule has 8 rings (SSSR count). The lowest BCUT2D eigenvalue weighted by molar-refractivity contribution is -0.110. The number of aldehydes is 1. The van der Waals surface area contributed by atoms with Crippen LogP contribution < -0.4 is 10.2 Å². The number of aryl methyl sites for hydroxylation is 1. The van der Waals surface area contributed by atoms with E-state index < -0.39 is 5.83 Å². The van der Waals surface area contributed by atoms with Gasteiger partial charge in [-0.25, -0.2) is 9.38 Å². The maximum atomic E-state index is 17.2. The third-order valence-corrected chi connectivity index (χ3v) is 13.3. The number of benzene rings is 2. The average Bonchev–Trinajstić information content (AvgIpc) is 3.85. The Kier molecular flexibility index (Phi) is 12.2. The molecule has 2 bridgehead atoms. The number of phenols is 1. The molecule has 2 N–H and O–H groups in total. The van der Waals surface area contributed by atoms with Crippen molar-refractivity contribution in [3.63, 3.8) is 0 Å². The Morgan fingerprint density at radius 3 is 2.45 bits per heavy atom. The number of aromatic hydroxyl groups is 1. The Balaban J connectivity index is 0.938. The molecular formula is C46H59FN8O3. The molecule has 1 aromatic heterocycles. The van der Waals surface area contributed by atoms with Crippen LogP contribution in [0.4, 0.5) is 10.2 Å². The second kappa shape index (κ2) is 17.7. The smallest absolute Gasteiger partial charge is 0.175 e. The summed E-state index contributed by atoms with van der Waals surface area (Å²) in [5.74, 6) is 3.01. The van der Waals surface area contributed by atoms with Gasteiger partial charge in [0.1, 0.15) is 35.0 Å². The lowest BCUT2D eigenvalue weighted by Crippen LogP contribution is -2.50. The van der Waals surface area contributed by atoms with E-state index in [9.17, 15) is 9.90 Å². The summed E-state index contributed by atoms with van der Waals surface area (Å²) in [7, 11) is 0. The first kappa shape index (κ1) is 40.1. The van der Waals surface area contributed by atoms with E-state index in [1.165, 1.54) is 6.42 Å². The fraction of sp³-hybridized carbons (Fsp3) is 0.543. The normalized spacial score (nSPS) is 24.4. The van der Waals surface area contributed by atoms with Crippen LogP contribution in [0.5, 0.6) is 5.75 Å². The van der Waals surface area contributed by atoms with E-state index in [1.54, 1.807) is 18.3 Å². The highest BCUT2D eigenvalue weighted by Crippen LogP contribution is 2.39. The average molecular weight is 791 g/mol. The zero-order chi connectivity index (χ0) is 40.3. The van der Waals surface area contributed by atoms with E-state index in [0.29, 0.717) is 53.2 Å². The number of aromatic nitrogens is 1. The standard InChI is InChI=1S/C46H59FN8O3/c1-5-32-7-6-8-33-22-36(57)23-37(42(32)33)44-43(47)45(38(25-50-44)46(48-4)55-26-34-9-10-35(27-55)51-34)49-15-20-53-16-11-30(12-17-53)21-31-13-18-54(19-14-31)41-24-40(58-52-41)39(28-56)29(2)3/h6-8,22-25,28-31,34-35,39,51,57H,4-5,9-21,26-27H2,1-3H3/b46-38+,49-45?. The summed E-state index contributed by atoms with van der Waals surface area (Å²) < 4.78 is 22.8. The van der Waals surface area contributed by atoms with Crippen molar-refractivity contribution in [2.45, 2.75) is 90.1 Å². The number of piperazine rings is 1. The lowest BCUT2D eigenvalue weighted by atomic mass is 9.83. The molecule has 58 heavy (non-hydrogen) atoms. The summed E-state index contributed by atoms with van der Waals surface area (Å²) in [6, 6.07) is 12.0. The van der Waals surface area contributed by atoms with Gasteiger partial charge in [0, 0.05) is 62.7 Å². The number of carbonyl (C=O) groups excluding carboxylic acids is 1. The summed E-state index contributed by atoms with van der Waals surface area (Å²) in [6.45, 7) is 16.8. The minimum absolute atomic E-state index is 0.0709. The monoisotopic (exact) mass is 790 g/mol. The van der Waals surface area contributed by atoms with Gasteiger partial charge >= 0.3 is 0 Å². The van der Waals surface area contributed by atoms with E-state index in [-0.39, 0.29) is 29.0 Å². The maximum absolute atomic E-state index is 17.2. The second-order valence-electron chi connectivity index (χ2n) is 17.4. The van der Waals surface area contributed by atoms with Crippen LogP contribution in [0.2, 0.25) is 0 Å². The number of nitrogens with one attached hydrogen (secondary N) is 1. The van der Waals surface area contributed by atoms with Gasteiger partial charge in [-0.1, -0.05) is 44.1 Å². The molecule has 0 spiro atoms. The predicted octanol–water partition coefficient (Wildman–Crippen LogP) is 7.56. The van der Waals surface area contributed by atoms with Crippen LogP contribution in [0.25, 0.3) is 16.5 Å². The first-order valence-electron chi connectivity index (χ1n) is 21.6.